The number of aliphatic imine (C=N–C) groups is 1. The van der Waals surface area contributed by atoms with E-state index in [0.29, 0.717) is 90.5 Å². The van der Waals surface area contributed by atoms with E-state index >= 15 is 0 Å². The van der Waals surface area contributed by atoms with Gasteiger partial charge in [-0.05, 0) is 128 Å². The summed E-state index contributed by atoms with van der Waals surface area (Å²) in [7, 11) is 1.57. The molecule has 0 aromatic heterocycles. The molecule has 21 heteroatoms. The number of nitrogens with one attached hydrogen (secondary N) is 6. The largest absolute Gasteiger partial charge is 0.370 e. The predicted octanol–water partition coefficient (Wildman–Crippen LogP) is 7.41. The number of benzene rings is 5. The van der Waals surface area contributed by atoms with Crippen molar-refractivity contribution in [3.8, 4) is 0 Å². The molecule has 0 saturated carbocycles. The second-order valence-corrected chi connectivity index (χ2v) is 22.7. The molecule has 83 heavy (non-hydrogen) atoms. The van der Waals surface area contributed by atoms with Crippen LogP contribution < -0.4 is 43.4 Å². The van der Waals surface area contributed by atoms with Crippen LogP contribution in [0.3, 0.4) is 0 Å². The summed E-state index contributed by atoms with van der Waals surface area (Å²) in [4.78, 5) is 86.5. The van der Waals surface area contributed by atoms with Gasteiger partial charge < -0.3 is 47.9 Å². The maximum absolute atomic E-state index is 14.3. The maximum Gasteiger partial charge on any atom is 0.251 e. The van der Waals surface area contributed by atoms with Crippen molar-refractivity contribution in [1.29, 1.82) is 0 Å². The number of halogens is 4. The van der Waals surface area contributed by atoms with Crippen molar-refractivity contribution in [3.05, 3.63) is 164 Å². The number of fused-ring (bicyclic) bond motifs is 1. The first kappa shape index (κ1) is 65.6. The van der Waals surface area contributed by atoms with Crippen LogP contribution in [0.4, 0.5) is 0 Å². The molecule has 2 aliphatic heterocycles. The smallest absolute Gasteiger partial charge is 0.251 e. The van der Waals surface area contributed by atoms with Crippen molar-refractivity contribution in [2.24, 2.45) is 22.4 Å². The van der Waals surface area contributed by atoms with Crippen LogP contribution >= 0.6 is 46.4 Å². The summed E-state index contributed by atoms with van der Waals surface area (Å²) in [6.07, 6.45) is 4.18. The lowest BCUT2D eigenvalue weighted by Crippen LogP contribution is -2.54. The van der Waals surface area contributed by atoms with E-state index in [2.05, 4.69) is 56.5 Å². The molecule has 2 heterocycles. The Morgan fingerprint density at radius 1 is 0.735 bits per heavy atom. The number of likely N-dealkylation sites (N-methyl/N-ethyl adjacent to an activating group) is 1. The van der Waals surface area contributed by atoms with Crippen LogP contribution in [0.2, 0.25) is 20.1 Å². The minimum Gasteiger partial charge on any atom is -0.370 e. The summed E-state index contributed by atoms with van der Waals surface area (Å²) in [6, 6.07) is 31.0. The molecule has 5 aromatic rings. The summed E-state index contributed by atoms with van der Waals surface area (Å²) >= 11 is 24.1. The first-order valence-corrected chi connectivity index (χ1v) is 29.6. The van der Waals surface area contributed by atoms with Crippen LogP contribution in [-0.2, 0) is 43.2 Å². The number of nitrogens with two attached hydrogens (primary N) is 2. The van der Waals surface area contributed by atoms with Gasteiger partial charge in [-0.25, -0.2) is 0 Å². The normalized spacial score (nSPS) is 18.2. The lowest BCUT2D eigenvalue weighted by molar-refractivity contribution is -0.141. The molecule has 5 aromatic carbocycles. The van der Waals surface area contributed by atoms with Gasteiger partial charge in [0.2, 0.25) is 29.5 Å². The number of guanidine groups is 1. The monoisotopic (exact) mass is 1210 g/mol. The summed E-state index contributed by atoms with van der Waals surface area (Å²) in [5, 5.41) is 22.1. The molecule has 0 radical (unpaired) electrons. The van der Waals surface area contributed by atoms with Crippen LogP contribution in [0.5, 0.6) is 0 Å². The summed E-state index contributed by atoms with van der Waals surface area (Å²) in [5.41, 5.74) is 15.8. The van der Waals surface area contributed by atoms with Gasteiger partial charge >= 0.3 is 0 Å². The van der Waals surface area contributed by atoms with Gasteiger partial charge in [-0.1, -0.05) is 132 Å². The molecule has 7 rings (SSSR count). The Kier molecular flexibility index (Phi) is 26.1. The zero-order valence-corrected chi connectivity index (χ0v) is 50.4. The second kappa shape index (κ2) is 33.1. The van der Waals surface area contributed by atoms with Gasteiger partial charge in [-0.2, -0.15) is 0 Å². The number of nitrogens with zero attached hydrogens (tertiary/aromatic N) is 3. The Bertz CT molecular complexity index is 3090. The molecular weight excluding hydrogens is 1140 g/mol. The Morgan fingerprint density at radius 3 is 2.00 bits per heavy atom. The number of hydrogen-bond acceptors (Lipinski definition) is 10. The van der Waals surface area contributed by atoms with Crippen LogP contribution in [0.25, 0.3) is 10.8 Å². The first-order valence-electron chi connectivity index (χ1n) is 28.1. The van der Waals surface area contributed by atoms with Gasteiger partial charge in [0.1, 0.15) is 6.04 Å². The van der Waals surface area contributed by atoms with Crippen LogP contribution in [0.15, 0.2) is 126 Å². The van der Waals surface area contributed by atoms with E-state index in [9.17, 15) is 28.8 Å². The van der Waals surface area contributed by atoms with Crippen molar-refractivity contribution in [1.82, 2.24) is 41.7 Å². The van der Waals surface area contributed by atoms with Crippen LogP contribution in [0.1, 0.15) is 79.4 Å². The molecule has 6 atom stereocenters. The van der Waals surface area contributed by atoms with Crippen molar-refractivity contribution in [3.63, 3.8) is 0 Å². The molecular formula is C62H77Cl4N11O6. The molecule has 444 valence electrons. The number of carbonyl (C=O) groups excluding carboxylic acids is 6. The fraction of sp³-hybridized carbons (Fsp3) is 0.403. The molecule has 1 unspecified atom stereocenters. The SMILES string of the molecule is C=C(C)C(CC)CN1CC[C@@H](CNC(=O)c2ccc(Cl)c(Cl)c2)N[C@@H](CCN)C1=O.CNC(=O)[C@H](Cc1ccc2ccccc2c1)N1CC[C@H](CNC(=O)Cc2cccc(Cl)c2)N[C@@H](CCCN=C(N)NC(=O)Cc2cccc(Cl)c2)C1=O. The highest BCUT2D eigenvalue weighted by atomic mass is 35.5. The van der Waals surface area contributed by atoms with E-state index in [0.717, 1.165) is 45.9 Å². The van der Waals surface area contributed by atoms with Gasteiger partial charge in [0.25, 0.3) is 5.91 Å². The molecule has 17 nitrogen and oxygen atoms in total. The Labute approximate surface area is 507 Å². The number of carbonyl (C=O) groups is 6. The van der Waals surface area contributed by atoms with Gasteiger partial charge in [0.15, 0.2) is 5.96 Å². The van der Waals surface area contributed by atoms with Crippen LogP contribution in [-0.4, -0.2) is 134 Å². The molecule has 2 fully saturated rings. The second-order valence-electron chi connectivity index (χ2n) is 21.0. The summed E-state index contributed by atoms with van der Waals surface area (Å²) in [6.45, 7) is 11.1. The highest BCUT2D eigenvalue weighted by molar-refractivity contribution is 6.42. The summed E-state index contributed by atoms with van der Waals surface area (Å²) < 4.78 is 0. The van der Waals surface area contributed by atoms with Gasteiger partial charge in [-0.3, -0.25) is 39.1 Å². The molecule has 0 spiro atoms. The molecule has 0 bridgehead atoms. The number of amides is 6. The quantitative estimate of drug-likeness (QED) is 0.0139. The van der Waals surface area contributed by atoms with Gasteiger partial charge in [0, 0.05) is 80.4 Å². The van der Waals surface area contributed by atoms with E-state index in [-0.39, 0.29) is 91.4 Å². The number of hydrogen-bond donors (Lipinski definition) is 8. The average molecular weight is 1210 g/mol. The zero-order valence-electron chi connectivity index (χ0n) is 47.3. The third-order valence-corrected chi connectivity index (χ3v) is 15.9. The first-order chi connectivity index (χ1) is 39.8. The van der Waals surface area contributed by atoms with E-state index in [1.54, 1.807) is 72.6 Å². The molecule has 10 N–H and O–H groups in total. The van der Waals surface area contributed by atoms with Crippen molar-refractivity contribution in [2.75, 3.05) is 52.9 Å². The van der Waals surface area contributed by atoms with E-state index in [4.69, 9.17) is 57.9 Å². The topological polar surface area (TPSA) is 245 Å². The molecule has 2 aliphatic rings. The molecule has 2 saturated heterocycles. The predicted molar refractivity (Wildman–Crippen MR) is 333 cm³/mol. The average Bonchev–Trinajstić information content (AvgIpc) is 4.04. The third-order valence-electron chi connectivity index (χ3n) is 14.7. The Hall–Kier alpha value is -6.57. The van der Waals surface area contributed by atoms with Crippen molar-refractivity contribution >= 4 is 98.6 Å². The number of rotatable bonds is 23. The van der Waals surface area contributed by atoms with Gasteiger partial charge in [-0.15, -0.1) is 0 Å². The maximum atomic E-state index is 14.3. The minimum absolute atomic E-state index is 0.0193. The minimum atomic E-state index is -0.752. The van der Waals surface area contributed by atoms with E-state index in [1.807, 2.05) is 54.3 Å². The van der Waals surface area contributed by atoms with Crippen LogP contribution in [0, 0.1) is 5.92 Å². The third kappa shape index (κ3) is 20.6. The highest BCUT2D eigenvalue weighted by Crippen LogP contribution is 2.25. The lowest BCUT2D eigenvalue weighted by atomic mass is 9.98. The highest BCUT2D eigenvalue weighted by Gasteiger charge is 2.37. The zero-order chi connectivity index (χ0) is 60.0. The lowest BCUT2D eigenvalue weighted by Gasteiger charge is -2.31. The van der Waals surface area contributed by atoms with E-state index in [1.165, 1.54) is 0 Å². The summed E-state index contributed by atoms with van der Waals surface area (Å²) in [5.74, 6) is -0.864. The molecule has 0 aliphatic carbocycles. The molecule has 6 amide bonds. The van der Waals surface area contributed by atoms with Gasteiger partial charge in [0.05, 0.1) is 35.0 Å². The van der Waals surface area contributed by atoms with E-state index < -0.39 is 12.1 Å². The Morgan fingerprint density at radius 2 is 1.37 bits per heavy atom. The Balaban J connectivity index is 0.000000312. The van der Waals surface area contributed by atoms with Crippen molar-refractivity contribution < 1.29 is 28.8 Å². The standard InChI is InChI=1S/C40H45Cl2N7O4.C22H32Cl2N4O2/c1-44-38(52)35(22-28-14-15-29-9-2-3-10-30(29)19-28)49-18-16-33(25-46-36(50)23-26-7-4-11-31(41)20-26)47-34(39(49)53)13-6-17-45-40(43)48-37(51)24-27-8-5-12-32(42)21-27;1-4-15(14(2)3)13-28-10-8-17(27-20(7-9-25)22(28)30)12-26-21(29)16-5-6-18(23)19(24)11-16/h2-5,7-12,14-15,19-21,33-35,47H,6,13,16-18,22-25H2,1H3,(H,44,52)(H,46,50)(H3,43,45,48,51);5-6,11,15,17,20,27H,2,4,7-10,12-13,25H2,1,3H3,(H,26,29)/t33-,34+,35+;15?,17-,20-/m10/s1. The fourth-order valence-electron chi connectivity index (χ4n) is 10.2. The van der Waals surface area contributed by atoms with Crippen molar-refractivity contribution in [2.45, 2.75) is 102 Å². The fourth-order valence-corrected chi connectivity index (χ4v) is 10.9.